The monoisotopic (exact) mass is 1550 g/mol. The number of rotatable bonds is 23. The van der Waals surface area contributed by atoms with Gasteiger partial charge in [-0.2, -0.15) is 0 Å². The lowest BCUT2D eigenvalue weighted by Crippen LogP contribution is -2.62. The van der Waals surface area contributed by atoms with Gasteiger partial charge in [-0.25, -0.2) is 0 Å². The Morgan fingerprint density at radius 3 is 1.59 bits per heavy atom. The molecule has 110 heavy (non-hydrogen) atoms. The molecule has 29 nitrogen and oxygen atoms in total. The van der Waals surface area contributed by atoms with Gasteiger partial charge >= 0.3 is 0 Å². The Morgan fingerprint density at radius 2 is 1.05 bits per heavy atom. The Morgan fingerprint density at radius 1 is 0.545 bits per heavy atom. The molecule has 2 aliphatic carbocycles. The molecule has 0 radical (unpaired) electrons. The normalized spacial score (nSPS) is 27.8. The third kappa shape index (κ3) is 28.9. The number of hydrogen-bond acceptors (Lipinski definition) is 16. The fourth-order valence-electron chi connectivity index (χ4n) is 15.8. The molecule has 13 amide bonds. The zero-order chi connectivity index (χ0) is 82.8. The fourth-order valence-corrected chi connectivity index (χ4v) is 15.8. The highest BCUT2D eigenvalue weighted by molar-refractivity contribution is 6.00. The average Bonchev–Trinajstić information content (AvgIpc) is 0.828. The number of methoxy groups -OCH3 is 1. The number of aliphatic hydroxyl groups is 1. The van der Waals surface area contributed by atoms with Gasteiger partial charge < -0.3 is 80.8 Å². The van der Waals surface area contributed by atoms with E-state index in [-0.39, 0.29) is 99.5 Å². The Kier molecular flexibility index (Phi) is 39.6. The smallest absolute Gasteiger partial charge is 0.248 e. The van der Waals surface area contributed by atoms with E-state index in [4.69, 9.17) is 9.47 Å². The van der Waals surface area contributed by atoms with Crippen LogP contribution in [0, 0.1) is 41.4 Å². The van der Waals surface area contributed by atoms with Crippen LogP contribution in [0.25, 0.3) is 0 Å². The standard InChI is InChI=1S/C81H143N13O16/c1-22-24-37-94-47-68(97)88(16)62(41-50(5)6)72(100)86-60(48-110-81(12,13)14)77(105)92(20)65(43-52(9)10)79(107)89(17)61(23-2)71(99)85-59(78(106)93-38-29-26-30-39-93)46-67(96)83-58(40-49(3)4)76(104)91(19)64(44-54-31-27-25-28-32-54)73(101)84-57(36-34-55-33-35-56(70(98)82-15)66(45-55)109-21)75(103)90(18)63(42-51(7)8)74(102)87-69(53(11)95)80(94)108/h49-66,69,95H,22-48H2,1-21H3,(H,82,98)(H,83,96)(H,84,101)(H,85,99)(H,86,100)(H,87,102)/t53-,55?,56?,57+,58-,59+,60+,61+,62+,63+,64+,65+,66?,69+/m1/s1. The minimum Gasteiger partial charge on any atom is -0.391 e. The third-order valence-electron chi connectivity index (χ3n) is 22.4. The molecular weight excluding hydrogens is 1410 g/mol. The first-order chi connectivity index (χ1) is 51.6. The molecule has 0 aromatic heterocycles. The number of unbranched alkanes of at least 4 members (excludes halogenated alkanes) is 1. The Labute approximate surface area is 657 Å². The van der Waals surface area contributed by atoms with Gasteiger partial charge in [0.25, 0.3) is 0 Å². The van der Waals surface area contributed by atoms with E-state index in [1.807, 2.05) is 62.3 Å². The first-order valence-electron chi connectivity index (χ1n) is 41.1. The highest BCUT2D eigenvalue weighted by Gasteiger charge is 2.45. The second kappa shape index (κ2) is 45.6. The van der Waals surface area contributed by atoms with Crippen LogP contribution in [-0.4, -0.2) is 277 Å². The summed E-state index contributed by atoms with van der Waals surface area (Å²) in [5.41, 5.74) is -0.849. The molecule has 7 N–H and O–H groups in total. The fraction of sp³-hybridized carbons (Fsp3) is 0.840. The topological polar surface area (TPSA) is 355 Å². The van der Waals surface area contributed by atoms with Crippen molar-refractivity contribution in [3.8, 4) is 0 Å². The number of carbonyl (C=O) groups excluding carboxylic acids is 13. The van der Waals surface area contributed by atoms with Gasteiger partial charge in [0.15, 0.2) is 0 Å². The van der Waals surface area contributed by atoms with E-state index in [2.05, 4.69) is 31.9 Å². The maximum absolute atomic E-state index is 15.8. The second-order valence-electron chi connectivity index (χ2n) is 34.5. The number of piperidine rings is 1. The third-order valence-corrected chi connectivity index (χ3v) is 22.4. The molecule has 2 saturated heterocycles. The van der Waals surface area contributed by atoms with E-state index < -0.39 is 168 Å². The molecule has 14 atom stereocenters. The average molecular weight is 1560 g/mol. The molecule has 0 bridgehead atoms. The lowest BCUT2D eigenvalue weighted by atomic mass is 9.77. The van der Waals surface area contributed by atoms with Gasteiger partial charge in [0.2, 0.25) is 76.8 Å². The number of hydrogen-bond donors (Lipinski definition) is 7. The molecule has 2 saturated carbocycles. The highest BCUT2D eigenvalue weighted by atomic mass is 16.5. The van der Waals surface area contributed by atoms with Crippen LogP contribution in [0.1, 0.15) is 238 Å². The maximum atomic E-state index is 15.8. The molecule has 3 unspecified atom stereocenters. The van der Waals surface area contributed by atoms with Crippen LogP contribution < -0.4 is 31.9 Å². The van der Waals surface area contributed by atoms with Gasteiger partial charge in [-0.3, -0.25) is 62.3 Å². The number of amides is 13. The first kappa shape index (κ1) is 95.4. The number of nitrogens with zero attached hydrogens (tertiary/aromatic N) is 7. The predicted molar refractivity (Wildman–Crippen MR) is 421 cm³/mol. The number of likely N-dealkylation sites (N-methyl/N-ethyl adjacent to an activating group) is 5. The van der Waals surface area contributed by atoms with Crippen LogP contribution in [0.15, 0.2) is 0 Å². The summed E-state index contributed by atoms with van der Waals surface area (Å²) in [6, 6.07) is -13.5. The molecule has 0 spiro atoms. The summed E-state index contributed by atoms with van der Waals surface area (Å²) >= 11 is 0. The zero-order valence-electron chi connectivity index (χ0n) is 70.8. The van der Waals surface area contributed by atoms with Crippen molar-refractivity contribution in [1.29, 1.82) is 0 Å². The number of likely N-dealkylation sites (tertiary alicyclic amines) is 1. The van der Waals surface area contributed by atoms with Crippen molar-refractivity contribution in [3.63, 3.8) is 0 Å². The number of carbonyl (C=O) groups is 13. The van der Waals surface area contributed by atoms with Crippen LogP contribution >= 0.6 is 0 Å². The lowest BCUT2D eigenvalue weighted by molar-refractivity contribution is -0.152. The van der Waals surface area contributed by atoms with Gasteiger partial charge in [-0.1, -0.05) is 108 Å². The van der Waals surface area contributed by atoms with Gasteiger partial charge in [-0.15, -0.1) is 0 Å². The molecule has 0 aromatic carbocycles. The zero-order valence-corrected chi connectivity index (χ0v) is 70.8. The van der Waals surface area contributed by atoms with Gasteiger partial charge in [0.05, 0.1) is 43.3 Å². The summed E-state index contributed by atoms with van der Waals surface area (Å²) in [5, 5.41) is 28.8. The summed E-state index contributed by atoms with van der Waals surface area (Å²) in [6.07, 6.45) is 7.26. The van der Waals surface area contributed by atoms with Crippen LogP contribution in [0.2, 0.25) is 0 Å². The summed E-state index contributed by atoms with van der Waals surface area (Å²) in [4.78, 5) is 205. The summed E-state index contributed by atoms with van der Waals surface area (Å²) in [6.45, 7) is 24.8. The summed E-state index contributed by atoms with van der Waals surface area (Å²) < 4.78 is 12.1. The lowest BCUT2D eigenvalue weighted by Gasteiger charge is -2.38. The van der Waals surface area contributed by atoms with Crippen LogP contribution in [-0.2, 0) is 71.8 Å². The Bertz CT molecular complexity index is 3040. The van der Waals surface area contributed by atoms with E-state index in [1.165, 1.54) is 71.6 Å². The van der Waals surface area contributed by atoms with E-state index in [0.29, 0.717) is 64.5 Å². The summed E-state index contributed by atoms with van der Waals surface area (Å²) in [5.74, 6) is -10.1. The van der Waals surface area contributed by atoms with Gasteiger partial charge in [-0.05, 0) is 160 Å². The van der Waals surface area contributed by atoms with Gasteiger partial charge in [0.1, 0.15) is 60.4 Å². The molecule has 2 heterocycles. The molecule has 4 rings (SSSR count). The van der Waals surface area contributed by atoms with Crippen molar-refractivity contribution in [2.75, 3.05) is 82.2 Å². The van der Waals surface area contributed by atoms with Gasteiger partial charge in [0, 0.05) is 69.0 Å². The highest BCUT2D eigenvalue weighted by Crippen LogP contribution is 2.35. The second-order valence-corrected chi connectivity index (χ2v) is 34.5. The Hall–Kier alpha value is -7.01. The maximum Gasteiger partial charge on any atom is 0.248 e. The molecule has 29 heteroatoms. The molecule has 0 aromatic rings. The molecule has 628 valence electrons. The minimum atomic E-state index is -1.67. The van der Waals surface area contributed by atoms with E-state index >= 15 is 43.2 Å². The van der Waals surface area contributed by atoms with Crippen molar-refractivity contribution in [3.05, 3.63) is 0 Å². The van der Waals surface area contributed by atoms with E-state index in [9.17, 15) is 24.3 Å². The minimum absolute atomic E-state index is 0.0144. The first-order valence-corrected chi connectivity index (χ1v) is 41.1. The summed E-state index contributed by atoms with van der Waals surface area (Å²) in [7, 11) is 10.3. The Balaban J connectivity index is 2.03. The quantitative estimate of drug-likeness (QED) is 0.0682. The largest absolute Gasteiger partial charge is 0.391 e. The van der Waals surface area contributed by atoms with Crippen molar-refractivity contribution in [2.45, 2.75) is 316 Å². The predicted octanol–water partition coefficient (Wildman–Crippen LogP) is 5.31. The molecule has 4 fully saturated rings. The van der Waals surface area contributed by atoms with Crippen molar-refractivity contribution < 1.29 is 76.9 Å². The number of ether oxygens (including phenoxy) is 2. The SMILES string of the molecule is CCCCN1CC(=O)N(C)[C@@H](CC(C)C)C(=O)N[C@@H](COC(C)(C)C)C(=O)N(C)[C@@H](CC(C)C)C(=O)N(C)[C@@H](CC)C(=O)N[C@H](C(=O)N2CCCCC2)CC(=O)N[C@H](CC(C)C)C(=O)N(C)[C@@H](CC2CCCCC2)C(=O)N[C@@H](CCC2CCC(C(=O)NC)C(OC)C2)C(=O)N(C)[C@@H](CC(C)C)C(=O)N[C@@H]([C@@H](C)O)C1=O. The van der Waals surface area contributed by atoms with E-state index in [0.717, 1.165) is 38.5 Å². The van der Waals surface area contributed by atoms with Crippen molar-refractivity contribution in [2.24, 2.45) is 41.4 Å². The molecule has 4 aliphatic rings. The van der Waals surface area contributed by atoms with Crippen LogP contribution in [0.3, 0.4) is 0 Å². The molecule has 2 aliphatic heterocycles. The number of nitrogens with one attached hydrogen (secondary N) is 6. The van der Waals surface area contributed by atoms with Crippen molar-refractivity contribution >= 4 is 76.8 Å². The van der Waals surface area contributed by atoms with Crippen LogP contribution in [0.4, 0.5) is 0 Å². The van der Waals surface area contributed by atoms with Crippen molar-refractivity contribution in [1.82, 2.24) is 66.2 Å². The molecular formula is C81H143N13O16. The van der Waals surface area contributed by atoms with E-state index in [1.54, 1.807) is 46.8 Å². The number of aliphatic hydroxyl groups excluding tert-OH is 1. The van der Waals surface area contributed by atoms with Crippen LogP contribution in [0.5, 0.6) is 0 Å².